The molecule has 0 saturated heterocycles. The van der Waals surface area contributed by atoms with Crippen molar-refractivity contribution >= 4 is 22.9 Å². The fourth-order valence-electron chi connectivity index (χ4n) is 1.37. The molecular weight excluding hydrogens is 256 g/mol. The van der Waals surface area contributed by atoms with E-state index in [1.165, 1.54) is 0 Å². The third-order valence-corrected chi connectivity index (χ3v) is 3.50. The third-order valence-electron chi connectivity index (χ3n) is 2.18. The number of aromatic nitrogens is 1. The highest BCUT2D eigenvalue weighted by atomic mass is 35.5. The van der Waals surface area contributed by atoms with Crippen molar-refractivity contribution in [2.45, 2.75) is 13.0 Å². The maximum atomic E-state index is 5.86. The molecule has 0 aliphatic rings. The van der Waals surface area contributed by atoms with Crippen LogP contribution in [0.3, 0.4) is 0 Å². The van der Waals surface area contributed by atoms with E-state index in [1.807, 2.05) is 24.4 Å². The molecule has 1 aromatic heterocycles. The molecule has 2 rings (SSSR count). The Balaban J connectivity index is 1.83. The summed E-state index contributed by atoms with van der Waals surface area (Å²) in [6.45, 7) is 1.14. The van der Waals surface area contributed by atoms with Gasteiger partial charge in [-0.05, 0) is 18.2 Å². The SMILES string of the molecule is NCc1cnc(CCOc2cccc(Cl)c2)s1. The van der Waals surface area contributed by atoms with Crippen LogP contribution in [0.15, 0.2) is 30.5 Å². The molecule has 0 spiro atoms. The number of hydrogen-bond acceptors (Lipinski definition) is 4. The average Bonchev–Trinajstić information content (AvgIpc) is 2.77. The molecule has 0 saturated carbocycles. The lowest BCUT2D eigenvalue weighted by molar-refractivity contribution is 0.322. The van der Waals surface area contributed by atoms with Crippen molar-refractivity contribution in [2.75, 3.05) is 6.61 Å². The number of benzene rings is 1. The molecule has 5 heteroatoms. The van der Waals surface area contributed by atoms with Crippen LogP contribution in [0.25, 0.3) is 0 Å². The largest absolute Gasteiger partial charge is 0.493 e. The molecule has 1 heterocycles. The third kappa shape index (κ3) is 3.70. The zero-order valence-corrected chi connectivity index (χ0v) is 10.8. The first-order valence-corrected chi connectivity index (χ1v) is 6.49. The molecule has 17 heavy (non-hydrogen) atoms. The van der Waals surface area contributed by atoms with E-state index in [4.69, 9.17) is 22.1 Å². The first kappa shape index (κ1) is 12.4. The topological polar surface area (TPSA) is 48.1 Å². The van der Waals surface area contributed by atoms with Crippen molar-refractivity contribution < 1.29 is 4.74 Å². The van der Waals surface area contributed by atoms with Gasteiger partial charge in [0.15, 0.2) is 0 Å². The predicted molar refractivity (Wildman–Crippen MR) is 70.7 cm³/mol. The van der Waals surface area contributed by atoms with Crippen molar-refractivity contribution in [2.24, 2.45) is 5.73 Å². The number of halogens is 1. The second-order valence-corrected chi connectivity index (χ2v) is 5.12. The van der Waals surface area contributed by atoms with Crippen LogP contribution in [0.2, 0.25) is 5.02 Å². The number of nitrogens with zero attached hydrogens (tertiary/aromatic N) is 1. The number of nitrogens with two attached hydrogens (primary N) is 1. The first-order valence-electron chi connectivity index (χ1n) is 5.30. The van der Waals surface area contributed by atoms with Gasteiger partial charge in [-0.3, -0.25) is 0 Å². The van der Waals surface area contributed by atoms with Gasteiger partial charge in [0, 0.05) is 29.1 Å². The van der Waals surface area contributed by atoms with Crippen LogP contribution in [0.5, 0.6) is 5.75 Å². The van der Waals surface area contributed by atoms with Crippen LogP contribution in [0.1, 0.15) is 9.88 Å². The van der Waals surface area contributed by atoms with Gasteiger partial charge in [-0.15, -0.1) is 11.3 Å². The summed E-state index contributed by atoms with van der Waals surface area (Å²) < 4.78 is 5.58. The van der Waals surface area contributed by atoms with Crippen LogP contribution in [-0.4, -0.2) is 11.6 Å². The quantitative estimate of drug-likeness (QED) is 0.907. The minimum absolute atomic E-state index is 0.548. The van der Waals surface area contributed by atoms with Crippen LogP contribution in [0, 0.1) is 0 Å². The monoisotopic (exact) mass is 268 g/mol. The number of ether oxygens (including phenoxy) is 1. The minimum Gasteiger partial charge on any atom is -0.493 e. The first-order chi connectivity index (χ1) is 8.28. The second-order valence-electron chi connectivity index (χ2n) is 3.48. The molecule has 0 aliphatic carbocycles. The van der Waals surface area contributed by atoms with Gasteiger partial charge < -0.3 is 10.5 Å². The lowest BCUT2D eigenvalue weighted by Gasteiger charge is -2.04. The summed E-state index contributed by atoms with van der Waals surface area (Å²) in [7, 11) is 0. The maximum absolute atomic E-state index is 5.86. The van der Waals surface area contributed by atoms with Crippen molar-refractivity contribution in [3.8, 4) is 5.75 Å². The molecular formula is C12H13ClN2OS. The Morgan fingerprint density at radius 2 is 2.29 bits per heavy atom. The number of rotatable bonds is 5. The number of thiazole rings is 1. The highest BCUT2D eigenvalue weighted by molar-refractivity contribution is 7.11. The zero-order chi connectivity index (χ0) is 12.1. The Labute approximate surface area is 109 Å². The van der Waals surface area contributed by atoms with Gasteiger partial charge in [0.25, 0.3) is 0 Å². The summed E-state index contributed by atoms with van der Waals surface area (Å²) in [5.74, 6) is 0.785. The Bertz CT molecular complexity index is 487. The summed E-state index contributed by atoms with van der Waals surface area (Å²) in [5, 5.41) is 1.73. The molecule has 0 unspecified atom stereocenters. The van der Waals surface area contributed by atoms with Crippen molar-refractivity contribution in [1.29, 1.82) is 0 Å². The summed E-state index contributed by atoms with van der Waals surface area (Å²) in [4.78, 5) is 5.37. The van der Waals surface area contributed by atoms with E-state index in [9.17, 15) is 0 Å². The highest BCUT2D eigenvalue weighted by Crippen LogP contribution is 2.18. The molecule has 0 fully saturated rings. The van der Waals surface area contributed by atoms with Gasteiger partial charge in [0.1, 0.15) is 5.75 Å². The predicted octanol–water partition coefficient (Wildman–Crippen LogP) is 2.88. The molecule has 0 radical (unpaired) electrons. The molecule has 2 aromatic rings. The van der Waals surface area contributed by atoms with Gasteiger partial charge in [0.2, 0.25) is 0 Å². The molecule has 0 atom stereocenters. The summed E-state index contributed by atoms with van der Waals surface area (Å²) >= 11 is 7.49. The van der Waals surface area contributed by atoms with E-state index in [1.54, 1.807) is 17.4 Å². The van der Waals surface area contributed by atoms with Crippen LogP contribution >= 0.6 is 22.9 Å². The second kappa shape index (κ2) is 6.00. The summed E-state index contributed by atoms with van der Waals surface area (Å²) in [5.41, 5.74) is 5.52. The van der Waals surface area contributed by atoms with Crippen molar-refractivity contribution in [1.82, 2.24) is 4.98 Å². The fraction of sp³-hybridized carbons (Fsp3) is 0.250. The smallest absolute Gasteiger partial charge is 0.120 e. The summed E-state index contributed by atoms with van der Waals surface area (Å²) in [6.07, 6.45) is 2.61. The van der Waals surface area contributed by atoms with E-state index in [-0.39, 0.29) is 0 Å². The molecule has 1 aromatic carbocycles. The van der Waals surface area contributed by atoms with Gasteiger partial charge in [-0.1, -0.05) is 17.7 Å². The van der Waals surface area contributed by atoms with E-state index >= 15 is 0 Å². The van der Waals surface area contributed by atoms with Crippen LogP contribution in [0.4, 0.5) is 0 Å². The van der Waals surface area contributed by atoms with Gasteiger partial charge in [0.05, 0.1) is 11.6 Å². The van der Waals surface area contributed by atoms with E-state index < -0.39 is 0 Å². The molecule has 0 bridgehead atoms. The van der Waals surface area contributed by atoms with E-state index in [0.29, 0.717) is 18.2 Å². The fourth-order valence-corrected chi connectivity index (χ4v) is 2.33. The van der Waals surface area contributed by atoms with Gasteiger partial charge in [-0.2, -0.15) is 0 Å². The van der Waals surface area contributed by atoms with Gasteiger partial charge in [-0.25, -0.2) is 4.98 Å². The van der Waals surface area contributed by atoms with E-state index in [2.05, 4.69) is 4.98 Å². The van der Waals surface area contributed by atoms with Gasteiger partial charge >= 0.3 is 0 Å². The molecule has 90 valence electrons. The Morgan fingerprint density at radius 1 is 1.41 bits per heavy atom. The van der Waals surface area contributed by atoms with Crippen LogP contribution in [-0.2, 0) is 13.0 Å². The lowest BCUT2D eigenvalue weighted by Crippen LogP contribution is -2.00. The Morgan fingerprint density at radius 3 is 3.00 bits per heavy atom. The van der Waals surface area contributed by atoms with Crippen molar-refractivity contribution in [3.05, 3.63) is 45.4 Å². The Hall–Kier alpha value is -1.10. The standard InChI is InChI=1S/C12H13ClN2OS/c13-9-2-1-3-10(6-9)16-5-4-12-15-8-11(7-14)17-12/h1-3,6,8H,4-5,7,14H2. The average molecular weight is 269 g/mol. The zero-order valence-electron chi connectivity index (χ0n) is 9.23. The molecule has 2 N–H and O–H groups in total. The summed E-state index contributed by atoms with van der Waals surface area (Å²) in [6, 6.07) is 7.38. The van der Waals surface area contributed by atoms with E-state index in [0.717, 1.165) is 22.1 Å². The highest BCUT2D eigenvalue weighted by Gasteiger charge is 2.01. The number of hydrogen-bond donors (Lipinski definition) is 1. The minimum atomic E-state index is 0.548. The Kier molecular flexibility index (Phi) is 4.36. The molecule has 0 amide bonds. The normalized spacial score (nSPS) is 10.5. The van der Waals surface area contributed by atoms with Crippen molar-refractivity contribution in [3.63, 3.8) is 0 Å². The molecule has 3 nitrogen and oxygen atoms in total. The lowest BCUT2D eigenvalue weighted by atomic mass is 10.3. The molecule has 0 aliphatic heterocycles. The van der Waals surface area contributed by atoms with Crippen LogP contribution < -0.4 is 10.5 Å². The maximum Gasteiger partial charge on any atom is 0.120 e.